The van der Waals surface area contributed by atoms with Crippen molar-refractivity contribution < 1.29 is 10.0 Å². The van der Waals surface area contributed by atoms with E-state index in [0.29, 0.717) is 31.0 Å². The fourth-order valence-corrected chi connectivity index (χ4v) is 2.78. The highest BCUT2D eigenvalue weighted by Gasteiger charge is 2.44. The first-order valence-corrected chi connectivity index (χ1v) is 6.59. The summed E-state index contributed by atoms with van der Waals surface area (Å²) >= 11 is 0. The van der Waals surface area contributed by atoms with Gasteiger partial charge in [-0.05, 0) is 12.8 Å². The molecule has 1 fully saturated rings. The van der Waals surface area contributed by atoms with E-state index in [0.717, 1.165) is 12.8 Å². The van der Waals surface area contributed by atoms with Crippen LogP contribution in [0.3, 0.4) is 0 Å². The molecule has 2 rings (SSSR count). The molecular formula is C12H20N4O3. The van der Waals surface area contributed by atoms with Crippen molar-refractivity contribution in [3.63, 3.8) is 0 Å². The molecule has 1 aliphatic heterocycles. The van der Waals surface area contributed by atoms with Crippen LogP contribution in [0.2, 0.25) is 0 Å². The van der Waals surface area contributed by atoms with Crippen LogP contribution in [0.15, 0.2) is 0 Å². The molecule has 1 aliphatic rings. The normalized spacial score (nSPS) is 17.4. The first-order chi connectivity index (χ1) is 8.91. The molecule has 7 nitrogen and oxygen atoms in total. The molecule has 1 saturated heterocycles. The number of hydrogen-bond acceptors (Lipinski definition) is 5. The van der Waals surface area contributed by atoms with Gasteiger partial charge in [0.05, 0.1) is 23.6 Å². The van der Waals surface area contributed by atoms with E-state index in [1.807, 2.05) is 18.7 Å². The van der Waals surface area contributed by atoms with Crippen molar-refractivity contribution >= 4 is 11.5 Å². The van der Waals surface area contributed by atoms with Crippen LogP contribution in [0.5, 0.6) is 0 Å². The van der Waals surface area contributed by atoms with Gasteiger partial charge in [0.2, 0.25) is 5.82 Å². The molecule has 0 spiro atoms. The van der Waals surface area contributed by atoms with Crippen molar-refractivity contribution in [3.05, 3.63) is 15.8 Å². The van der Waals surface area contributed by atoms with Crippen LogP contribution in [-0.4, -0.2) is 38.5 Å². The molecule has 7 heteroatoms. The van der Waals surface area contributed by atoms with Crippen LogP contribution in [0.25, 0.3) is 0 Å². The molecule has 2 heterocycles. The summed E-state index contributed by atoms with van der Waals surface area (Å²) < 4.78 is 1.54. The monoisotopic (exact) mass is 268 g/mol. The Hall–Kier alpha value is -1.63. The molecule has 0 aliphatic carbocycles. The topological polar surface area (TPSA) is 84.4 Å². The highest BCUT2D eigenvalue weighted by Crippen LogP contribution is 2.38. The second-order valence-electron chi connectivity index (χ2n) is 5.18. The molecule has 0 radical (unpaired) electrons. The zero-order valence-electron chi connectivity index (χ0n) is 11.6. The first kappa shape index (κ1) is 13.8. The van der Waals surface area contributed by atoms with E-state index in [1.54, 1.807) is 11.7 Å². The van der Waals surface area contributed by atoms with Gasteiger partial charge in [-0.3, -0.25) is 10.1 Å². The minimum absolute atomic E-state index is 0.0727. The molecule has 0 unspecified atom stereocenters. The van der Waals surface area contributed by atoms with Gasteiger partial charge in [0, 0.05) is 7.05 Å². The lowest BCUT2D eigenvalue weighted by molar-refractivity contribution is -0.384. The Morgan fingerprint density at radius 3 is 2.58 bits per heavy atom. The van der Waals surface area contributed by atoms with E-state index in [2.05, 4.69) is 5.10 Å². The van der Waals surface area contributed by atoms with Gasteiger partial charge in [0.25, 0.3) is 0 Å². The maximum Gasteiger partial charge on any atom is 0.334 e. The number of rotatable bonds is 5. The summed E-state index contributed by atoms with van der Waals surface area (Å²) in [6.07, 6.45) is 2.14. The molecular weight excluding hydrogens is 248 g/mol. The number of hydrogen-bond donors (Lipinski definition) is 1. The first-order valence-electron chi connectivity index (χ1n) is 6.59. The zero-order valence-corrected chi connectivity index (χ0v) is 11.6. The molecule has 0 saturated carbocycles. The average Bonchev–Trinajstić information content (AvgIpc) is 2.63. The van der Waals surface area contributed by atoms with Gasteiger partial charge >= 0.3 is 5.69 Å². The predicted octanol–water partition coefficient (Wildman–Crippen LogP) is 1.24. The van der Waals surface area contributed by atoms with Crippen LogP contribution >= 0.6 is 0 Å². The number of β-amino-alcohol motifs (C(OH)–C–C–N with tert-alkyl or cyclic N) is 1. The second kappa shape index (κ2) is 4.80. The summed E-state index contributed by atoms with van der Waals surface area (Å²) in [5.41, 5.74) is -0.142. The van der Waals surface area contributed by atoms with E-state index in [9.17, 15) is 15.2 Å². The van der Waals surface area contributed by atoms with Crippen LogP contribution in [-0.2, 0) is 13.5 Å². The Balaban J connectivity index is 2.27. The summed E-state index contributed by atoms with van der Waals surface area (Å²) in [6, 6.07) is 0. The molecule has 0 bridgehead atoms. The Morgan fingerprint density at radius 1 is 1.47 bits per heavy atom. The lowest BCUT2D eigenvalue weighted by Crippen LogP contribution is -2.62. The molecule has 1 aromatic heterocycles. The summed E-state index contributed by atoms with van der Waals surface area (Å²) in [5.74, 6) is 0.502. The van der Waals surface area contributed by atoms with E-state index in [4.69, 9.17) is 0 Å². The molecule has 1 N–H and O–H groups in total. The van der Waals surface area contributed by atoms with E-state index >= 15 is 0 Å². The van der Waals surface area contributed by atoms with Gasteiger partial charge in [-0.1, -0.05) is 20.3 Å². The zero-order chi connectivity index (χ0) is 14.2. The Kier molecular flexibility index (Phi) is 3.49. The van der Waals surface area contributed by atoms with Crippen LogP contribution < -0.4 is 4.90 Å². The smallest absolute Gasteiger partial charge is 0.334 e. The molecule has 0 aromatic carbocycles. The SMILES string of the molecule is CCCC1(O)CN(c2c([N+](=O)[O-])c(CC)nn2C)C1. The lowest BCUT2D eigenvalue weighted by Gasteiger charge is -2.47. The third-order valence-corrected chi connectivity index (χ3v) is 3.57. The van der Waals surface area contributed by atoms with E-state index in [1.165, 1.54) is 0 Å². The quantitative estimate of drug-likeness (QED) is 0.641. The molecule has 106 valence electrons. The van der Waals surface area contributed by atoms with Gasteiger partial charge < -0.3 is 10.0 Å². The maximum atomic E-state index is 11.2. The highest BCUT2D eigenvalue weighted by molar-refractivity contribution is 5.63. The predicted molar refractivity (Wildman–Crippen MR) is 71.3 cm³/mol. The minimum atomic E-state index is -0.709. The second-order valence-corrected chi connectivity index (χ2v) is 5.18. The largest absolute Gasteiger partial charge is 0.386 e. The summed E-state index contributed by atoms with van der Waals surface area (Å²) in [7, 11) is 1.71. The van der Waals surface area contributed by atoms with Gasteiger partial charge in [0.1, 0.15) is 5.69 Å². The average molecular weight is 268 g/mol. The molecule has 0 atom stereocenters. The number of aryl methyl sites for hydroxylation is 2. The number of aliphatic hydroxyl groups is 1. The fraction of sp³-hybridized carbons (Fsp3) is 0.750. The van der Waals surface area contributed by atoms with Crippen molar-refractivity contribution in [2.24, 2.45) is 7.05 Å². The van der Waals surface area contributed by atoms with Crippen LogP contribution in [0.1, 0.15) is 32.4 Å². The van der Waals surface area contributed by atoms with Crippen molar-refractivity contribution in [1.82, 2.24) is 9.78 Å². The number of nitro groups is 1. The van der Waals surface area contributed by atoms with Gasteiger partial charge in [0.15, 0.2) is 0 Å². The van der Waals surface area contributed by atoms with Crippen LogP contribution in [0, 0.1) is 10.1 Å². The Bertz CT molecular complexity index is 491. The summed E-state index contributed by atoms with van der Waals surface area (Å²) in [4.78, 5) is 12.7. The third kappa shape index (κ3) is 2.30. The number of anilines is 1. The summed E-state index contributed by atoms with van der Waals surface area (Å²) in [6.45, 7) is 4.74. The van der Waals surface area contributed by atoms with Crippen molar-refractivity contribution in [3.8, 4) is 0 Å². The van der Waals surface area contributed by atoms with Crippen molar-refractivity contribution in [1.29, 1.82) is 0 Å². The molecule has 19 heavy (non-hydrogen) atoms. The molecule has 0 amide bonds. The van der Waals surface area contributed by atoms with E-state index < -0.39 is 5.60 Å². The van der Waals surface area contributed by atoms with E-state index in [-0.39, 0.29) is 10.6 Å². The standard InChI is InChI=1S/C12H20N4O3/c1-4-6-12(17)7-15(8-12)11-10(16(18)19)9(5-2)13-14(11)3/h17H,4-8H2,1-3H3. The van der Waals surface area contributed by atoms with Crippen molar-refractivity contribution in [2.75, 3.05) is 18.0 Å². The highest BCUT2D eigenvalue weighted by atomic mass is 16.6. The van der Waals surface area contributed by atoms with Gasteiger partial charge in [-0.15, -0.1) is 0 Å². The molecule has 1 aromatic rings. The minimum Gasteiger partial charge on any atom is -0.386 e. The maximum absolute atomic E-state index is 11.2. The fourth-order valence-electron chi connectivity index (χ4n) is 2.78. The number of nitrogens with zero attached hydrogens (tertiary/aromatic N) is 4. The van der Waals surface area contributed by atoms with Gasteiger partial charge in [-0.2, -0.15) is 5.10 Å². The Labute approximate surface area is 112 Å². The third-order valence-electron chi connectivity index (χ3n) is 3.57. The lowest BCUT2D eigenvalue weighted by atomic mass is 9.89. The van der Waals surface area contributed by atoms with Crippen molar-refractivity contribution in [2.45, 2.75) is 38.7 Å². The summed E-state index contributed by atoms with van der Waals surface area (Å²) in [5, 5.41) is 25.6. The number of aromatic nitrogens is 2. The Morgan fingerprint density at radius 2 is 2.11 bits per heavy atom. The van der Waals surface area contributed by atoms with Gasteiger partial charge in [-0.25, -0.2) is 4.68 Å². The van der Waals surface area contributed by atoms with Crippen LogP contribution in [0.4, 0.5) is 11.5 Å².